The fourth-order valence-electron chi connectivity index (χ4n) is 2.42. The number of hydrogen-bond donors (Lipinski definition) is 1. The Morgan fingerprint density at radius 3 is 1.85 bits per heavy atom. The zero-order chi connectivity index (χ0) is 16.0. The second-order valence-corrected chi connectivity index (χ2v) is 5.20. The average molecular weight is 294 g/mol. The Kier molecular flexibility index (Phi) is 7.31. The molecular formula is C15H25F3O2. The van der Waals surface area contributed by atoms with Gasteiger partial charge >= 0.3 is 6.18 Å². The van der Waals surface area contributed by atoms with Crippen molar-refractivity contribution in [3.63, 3.8) is 0 Å². The molecule has 0 aliphatic heterocycles. The van der Waals surface area contributed by atoms with Crippen LogP contribution in [0.15, 0.2) is 11.8 Å². The molecule has 2 nitrogen and oxygen atoms in total. The topological polar surface area (TPSA) is 37.3 Å². The molecule has 0 saturated heterocycles. The second kappa shape index (κ2) is 7.70. The van der Waals surface area contributed by atoms with E-state index in [-0.39, 0.29) is 12.2 Å². The van der Waals surface area contributed by atoms with Crippen LogP contribution in [-0.2, 0) is 4.79 Å². The van der Waals surface area contributed by atoms with Gasteiger partial charge in [0.25, 0.3) is 0 Å². The minimum atomic E-state index is -4.34. The third kappa shape index (κ3) is 5.17. The van der Waals surface area contributed by atoms with Gasteiger partial charge in [0.15, 0.2) is 5.78 Å². The standard InChI is InChI=1S/C15H25F3O2/c1-5-11(10-15(16,17)18)12(19)9-13(20)14(6-2,7-3)8-4/h9,11,19H,5-8,10H2,1-4H3/b12-9-. The smallest absolute Gasteiger partial charge is 0.389 e. The van der Waals surface area contributed by atoms with Crippen LogP contribution in [-0.4, -0.2) is 17.1 Å². The summed E-state index contributed by atoms with van der Waals surface area (Å²) in [5.41, 5.74) is -0.579. The van der Waals surface area contributed by atoms with E-state index >= 15 is 0 Å². The van der Waals surface area contributed by atoms with Gasteiger partial charge in [-0.3, -0.25) is 4.79 Å². The number of alkyl halides is 3. The summed E-state index contributed by atoms with van der Waals surface area (Å²) in [5, 5.41) is 9.83. The normalized spacial score (nSPS) is 15.2. The Morgan fingerprint density at radius 1 is 1.10 bits per heavy atom. The maximum Gasteiger partial charge on any atom is 0.389 e. The number of aliphatic hydroxyl groups excluding tert-OH is 1. The molecular weight excluding hydrogens is 269 g/mol. The molecule has 0 amide bonds. The van der Waals surface area contributed by atoms with Gasteiger partial charge in [-0.15, -0.1) is 0 Å². The van der Waals surface area contributed by atoms with E-state index in [2.05, 4.69) is 0 Å². The summed E-state index contributed by atoms with van der Waals surface area (Å²) in [4.78, 5) is 12.2. The minimum Gasteiger partial charge on any atom is -0.512 e. The van der Waals surface area contributed by atoms with Crippen molar-refractivity contribution in [2.75, 3.05) is 0 Å². The van der Waals surface area contributed by atoms with Crippen LogP contribution in [0.3, 0.4) is 0 Å². The first-order valence-electron chi connectivity index (χ1n) is 7.17. The number of aliphatic hydroxyl groups is 1. The summed E-state index contributed by atoms with van der Waals surface area (Å²) < 4.78 is 37.2. The lowest BCUT2D eigenvalue weighted by molar-refractivity contribution is -0.144. The van der Waals surface area contributed by atoms with Gasteiger partial charge in [-0.2, -0.15) is 13.2 Å². The second-order valence-electron chi connectivity index (χ2n) is 5.20. The predicted molar refractivity (Wildman–Crippen MR) is 73.5 cm³/mol. The van der Waals surface area contributed by atoms with Crippen LogP contribution >= 0.6 is 0 Å². The van der Waals surface area contributed by atoms with Crippen molar-refractivity contribution in [2.24, 2.45) is 11.3 Å². The summed E-state index contributed by atoms with van der Waals surface area (Å²) in [6, 6.07) is 0. The molecule has 0 aromatic carbocycles. The summed E-state index contributed by atoms with van der Waals surface area (Å²) in [7, 11) is 0. The highest BCUT2D eigenvalue weighted by molar-refractivity contribution is 5.95. The van der Waals surface area contributed by atoms with E-state index in [1.165, 1.54) is 0 Å². The third-order valence-corrected chi connectivity index (χ3v) is 4.22. The molecule has 5 heteroatoms. The van der Waals surface area contributed by atoms with E-state index in [1.54, 1.807) is 6.92 Å². The zero-order valence-corrected chi connectivity index (χ0v) is 12.7. The predicted octanol–water partition coefficient (Wildman–Crippen LogP) is 5.19. The molecule has 0 radical (unpaired) electrons. The van der Waals surface area contributed by atoms with Crippen molar-refractivity contribution >= 4 is 5.78 Å². The number of hydrogen-bond acceptors (Lipinski definition) is 2. The van der Waals surface area contributed by atoms with Gasteiger partial charge in [-0.05, 0) is 25.7 Å². The highest BCUT2D eigenvalue weighted by atomic mass is 19.4. The molecule has 0 saturated carbocycles. The summed E-state index contributed by atoms with van der Waals surface area (Å²) >= 11 is 0. The molecule has 1 unspecified atom stereocenters. The Hall–Kier alpha value is -1.00. The fraction of sp³-hybridized carbons (Fsp3) is 0.800. The van der Waals surface area contributed by atoms with Gasteiger partial charge in [-0.1, -0.05) is 27.7 Å². The quantitative estimate of drug-likeness (QED) is 0.494. The van der Waals surface area contributed by atoms with Gasteiger partial charge in [-0.25, -0.2) is 0 Å². The number of allylic oxidation sites excluding steroid dienone is 2. The van der Waals surface area contributed by atoms with Crippen LogP contribution in [0.2, 0.25) is 0 Å². The van der Waals surface area contributed by atoms with Gasteiger partial charge in [0, 0.05) is 17.4 Å². The van der Waals surface area contributed by atoms with Crippen molar-refractivity contribution in [1.82, 2.24) is 0 Å². The molecule has 0 aromatic rings. The van der Waals surface area contributed by atoms with Crippen LogP contribution in [0, 0.1) is 11.3 Å². The lowest BCUT2D eigenvalue weighted by Gasteiger charge is -2.27. The first kappa shape index (κ1) is 19.0. The Labute approximate surface area is 119 Å². The minimum absolute atomic E-state index is 0.145. The number of halogens is 3. The molecule has 0 bridgehead atoms. The summed E-state index contributed by atoms with van der Waals surface area (Å²) in [6.07, 6.45) is -2.46. The molecule has 0 aliphatic rings. The van der Waals surface area contributed by atoms with Gasteiger partial charge in [0.05, 0.1) is 12.2 Å². The van der Waals surface area contributed by atoms with Crippen molar-refractivity contribution in [3.8, 4) is 0 Å². The molecule has 0 aliphatic carbocycles. The van der Waals surface area contributed by atoms with Crippen molar-refractivity contribution in [1.29, 1.82) is 0 Å². The van der Waals surface area contributed by atoms with Crippen molar-refractivity contribution < 1.29 is 23.1 Å². The molecule has 20 heavy (non-hydrogen) atoms. The first-order chi connectivity index (χ1) is 9.15. The molecule has 1 N–H and O–H groups in total. The molecule has 0 rings (SSSR count). The van der Waals surface area contributed by atoms with Crippen LogP contribution in [0.4, 0.5) is 13.2 Å². The summed E-state index contributed by atoms with van der Waals surface area (Å²) in [6.45, 7) is 7.20. The zero-order valence-electron chi connectivity index (χ0n) is 12.7. The maximum atomic E-state index is 12.4. The Morgan fingerprint density at radius 2 is 1.55 bits per heavy atom. The lowest BCUT2D eigenvalue weighted by Crippen LogP contribution is -2.28. The van der Waals surface area contributed by atoms with Gasteiger partial charge in [0.1, 0.15) is 0 Å². The number of rotatable bonds is 8. The van der Waals surface area contributed by atoms with E-state index in [0.29, 0.717) is 19.3 Å². The highest BCUT2D eigenvalue weighted by Gasteiger charge is 2.35. The Bertz CT molecular complexity index is 333. The van der Waals surface area contributed by atoms with E-state index in [9.17, 15) is 23.1 Å². The van der Waals surface area contributed by atoms with E-state index in [1.807, 2.05) is 20.8 Å². The fourth-order valence-corrected chi connectivity index (χ4v) is 2.42. The van der Waals surface area contributed by atoms with Crippen LogP contribution in [0.1, 0.15) is 59.8 Å². The van der Waals surface area contributed by atoms with Gasteiger partial charge in [0.2, 0.25) is 0 Å². The Balaban J connectivity index is 5.14. The van der Waals surface area contributed by atoms with Crippen LogP contribution in [0.25, 0.3) is 0 Å². The molecule has 0 fully saturated rings. The monoisotopic (exact) mass is 294 g/mol. The highest BCUT2D eigenvalue weighted by Crippen LogP contribution is 2.34. The molecule has 0 heterocycles. The van der Waals surface area contributed by atoms with E-state index in [0.717, 1.165) is 6.08 Å². The third-order valence-electron chi connectivity index (χ3n) is 4.22. The first-order valence-corrected chi connectivity index (χ1v) is 7.17. The van der Waals surface area contributed by atoms with Crippen molar-refractivity contribution in [3.05, 3.63) is 11.8 Å². The summed E-state index contributed by atoms with van der Waals surface area (Å²) in [5.74, 6) is -1.76. The number of carbonyl (C=O) groups excluding carboxylic acids is 1. The van der Waals surface area contributed by atoms with Crippen LogP contribution < -0.4 is 0 Å². The maximum absolute atomic E-state index is 12.4. The molecule has 1 atom stereocenters. The lowest BCUT2D eigenvalue weighted by atomic mass is 9.75. The largest absolute Gasteiger partial charge is 0.512 e. The van der Waals surface area contributed by atoms with Gasteiger partial charge < -0.3 is 5.11 Å². The SMILES string of the molecule is CCC(CC(F)(F)F)/C(O)=C/C(=O)C(CC)(CC)CC. The number of carbonyl (C=O) groups is 1. The van der Waals surface area contributed by atoms with E-state index < -0.39 is 29.7 Å². The van der Waals surface area contributed by atoms with Crippen LogP contribution in [0.5, 0.6) is 0 Å². The average Bonchev–Trinajstić information content (AvgIpc) is 2.37. The molecule has 0 spiro atoms. The molecule has 0 aromatic heterocycles. The van der Waals surface area contributed by atoms with Crippen molar-refractivity contribution in [2.45, 2.75) is 66.0 Å². The molecule has 118 valence electrons. The van der Waals surface area contributed by atoms with E-state index in [4.69, 9.17) is 0 Å². The number of ketones is 1.